The van der Waals surface area contributed by atoms with Crippen LogP contribution >= 0.6 is 0 Å². The quantitative estimate of drug-likeness (QED) is 0.700. The minimum absolute atomic E-state index is 0.740. The molecule has 0 saturated carbocycles. The topological polar surface area (TPSA) is 59.2 Å². The van der Waals surface area contributed by atoms with Gasteiger partial charge in [-0.1, -0.05) is 12.1 Å². The Morgan fingerprint density at radius 1 is 0.875 bits per heavy atom. The molecule has 2 aromatic carbocycles. The molecular formula is C19H21N3O2. The maximum atomic E-state index is 5.20. The lowest BCUT2D eigenvalue weighted by Gasteiger charge is -2.07. The van der Waals surface area contributed by atoms with Crippen LogP contribution in [0.15, 0.2) is 54.7 Å². The van der Waals surface area contributed by atoms with Crippen molar-refractivity contribution in [2.45, 2.75) is 13.1 Å². The lowest BCUT2D eigenvalue weighted by molar-refractivity contribution is 0.414. The van der Waals surface area contributed by atoms with Gasteiger partial charge in [0, 0.05) is 24.2 Å². The Morgan fingerprint density at radius 3 is 2.12 bits per heavy atom. The highest BCUT2D eigenvalue weighted by Crippen LogP contribution is 2.23. The number of nitrogens with zero attached hydrogens (tertiary/aromatic N) is 1. The van der Waals surface area contributed by atoms with Crippen molar-refractivity contribution < 1.29 is 9.47 Å². The van der Waals surface area contributed by atoms with Crippen molar-refractivity contribution in [1.82, 2.24) is 15.5 Å². The molecule has 0 saturated heterocycles. The van der Waals surface area contributed by atoms with Crippen molar-refractivity contribution in [3.63, 3.8) is 0 Å². The molecular weight excluding hydrogens is 302 g/mol. The average molecular weight is 323 g/mol. The molecule has 5 heteroatoms. The predicted octanol–water partition coefficient (Wildman–Crippen LogP) is 3.38. The van der Waals surface area contributed by atoms with Crippen LogP contribution in [0, 0.1) is 0 Å². The van der Waals surface area contributed by atoms with Crippen LogP contribution in [0.3, 0.4) is 0 Å². The second-order valence-corrected chi connectivity index (χ2v) is 5.45. The summed E-state index contributed by atoms with van der Waals surface area (Å²) >= 11 is 0. The first-order valence-electron chi connectivity index (χ1n) is 7.80. The van der Waals surface area contributed by atoms with Gasteiger partial charge in [0.25, 0.3) is 0 Å². The third-order valence-corrected chi connectivity index (χ3v) is 3.90. The third-order valence-electron chi connectivity index (χ3n) is 3.90. The molecule has 0 unspecified atom stereocenters. The Morgan fingerprint density at radius 2 is 1.50 bits per heavy atom. The number of nitrogens with one attached hydrogen (secondary N) is 2. The number of benzene rings is 2. The molecule has 0 aliphatic heterocycles. The number of rotatable bonds is 7. The Kier molecular flexibility index (Phi) is 5.13. The number of aromatic nitrogens is 2. The Labute approximate surface area is 141 Å². The van der Waals surface area contributed by atoms with Gasteiger partial charge in [0.15, 0.2) is 0 Å². The zero-order valence-electron chi connectivity index (χ0n) is 13.9. The number of hydrogen-bond acceptors (Lipinski definition) is 4. The predicted molar refractivity (Wildman–Crippen MR) is 94.1 cm³/mol. The summed E-state index contributed by atoms with van der Waals surface area (Å²) in [7, 11) is 3.34. The minimum atomic E-state index is 0.740. The van der Waals surface area contributed by atoms with Crippen LogP contribution < -0.4 is 14.8 Å². The number of ether oxygens (including phenoxy) is 2. The fourth-order valence-electron chi connectivity index (χ4n) is 2.54. The van der Waals surface area contributed by atoms with Gasteiger partial charge in [0.2, 0.25) is 0 Å². The third kappa shape index (κ3) is 3.75. The van der Waals surface area contributed by atoms with Gasteiger partial charge in [-0.25, -0.2) is 0 Å². The van der Waals surface area contributed by atoms with E-state index in [1.165, 1.54) is 5.56 Å². The SMILES string of the molecule is COc1ccc(CNCc2cn[nH]c2-c2ccc(OC)cc2)cc1. The summed E-state index contributed by atoms with van der Waals surface area (Å²) in [4.78, 5) is 0. The highest BCUT2D eigenvalue weighted by Gasteiger charge is 2.07. The Hall–Kier alpha value is -2.79. The number of hydrogen-bond donors (Lipinski definition) is 2. The van der Waals surface area contributed by atoms with Gasteiger partial charge in [-0.3, -0.25) is 5.10 Å². The number of H-pyrrole nitrogens is 1. The van der Waals surface area contributed by atoms with Gasteiger partial charge in [0.05, 0.1) is 26.1 Å². The molecule has 2 N–H and O–H groups in total. The van der Waals surface area contributed by atoms with Crippen molar-refractivity contribution in [2.24, 2.45) is 0 Å². The fourth-order valence-corrected chi connectivity index (χ4v) is 2.54. The van der Waals surface area contributed by atoms with E-state index in [0.717, 1.165) is 41.4 Å². The molecule has 0 spiro atoms. The van der Waals surface area contributed by atoms with E-state index in [0.29, 0.717) is 0 Å². The zero-order valence-corrected chi connectivity index (χ0v) is 13.9. The lowest BCUT2D eigenvalue weighted by Crippen LogP contribution is -2.12. The minimum Gasteiger partial charge on any atom is -0.497 e. The number of aromatic amines is 1. The van der Waals surface area contributed by atoms with Crippen LogP contribution in [0.5, 0.6) is 11.5 Å². The molecule has 0 amide bonds. The van der Waals surface area contributed by atoms with Crippen LogP contribution in [0.4, 0.5) is 0 Å². The van der Waals surface area contributed by atoms with Crippen LogP contribution in [0.1, 0.15) is 11.1 Å². The molecule has 3 rings (SSSR count). The lowest BCUT2D eigenvalue weighted by atomic mass is 10.1. The van der Waals surface area contributed by atoms with E-state index in [1.807, 2.05) is 42.6 Å². The summed E-state index contributed by atoms with van der Waals surface area (Å²) < 4.78 is 10.4. The van der Waals surface area contributed by atoms with Crippen molar-refractivity contribution in [1.29, 1.82) is 0 Å². The molecule has 1 heterocycles. The van der Waals surface area contributed by atoms with Crippen LogP contribution in [-0.2, 0) is 13.1 Å². The van der Waals surface area contributed by atoms with Gasteiger partial charge >= 0.3 is 0 Å². The molecule has 124 valence electrons. The molecule has 0 atom stereocenters. The molecule has 5 nitrogen and oxygen atoms in total. The van der Waals surface area contributed by atoms with Gasteiger partial charge in [-0.05, 0) is 42.0 Å². The summed E-state index contributed by atoms with van der Waals surface area (Å²) in [6.45, 7) is 1.53. The normalized spacial score (nSPS) is 10.6. The maximum absolute atomic E-state index is 5.20. The van der Waals surface area contributed by atoms with Gasteiger partial charge in [-0.2, -0.15) is 5.10 Å². The van der Waals surface area contributed by atoms with E-state index in [9.17, 15) is 0 Å². The first-order valence-corrected chi connectivity index (χ1v) is 7.80. The van der Waals surface area contributed by atoms with E-state index >= 15 is 0 Å². The molecule has 0 fully saturated rings. The summed E-state index contributed by atoms with van der Waals surface area (Å²) in [5.41, 5.74) is 4.47. The Balaban J connectivity index is 1.62. The molecule has 0 aliphatic rings. The summed E-state index contributed by atoms with van der Waals surface area (Å²) in [5.74, 6) is 1.72. The standard InChI is InChI=1S/C19H21N3O2/c1-23-17-7-3-14(4-8-17)11-20-12-16-13-21-22-19(16)15-5-9-18(24-2)10-6-15/h3-10,13,20H,11-12H2,1-2H3,(H,21,22). The van der Waals surface area contributed by atoms with E-state index in [-0.39, 0.29) is 0 Å². The van der Waals surface area contributed by atoms with Gasteiger partial charge in [0.1, 0.15) is 11.5 Å². The van der Waals surface area contributed by atoms with E-state index in [1.54, 1.807) is 14.2 Å². The van der Waals surface area contributed by atoms with Crippen LogP contribution in [0.2, 0.25) is 0 Å². The fraction of sp³-hybridized carbons (Fsp3) is 0.211. The summed E-state index contributed by atoms with van der Waals surface area (Å²) in [6, 6.07) is 16.0. The first kappa shape index (κ1) is 16.1. The van der Waals surface area contributed by atoms with E-state index < -0.39 is 0 Å². The zero-order chi connectivity index (χ0) is 16.8. The summed E-state index contributed by atoms with van der Waals surface area (Å²) in [5, 5.41) is 10.7. The van der Waals surface area contributed by atoms with Gasteiger partial charge < -0.3 is 14.8 Å². The molecule has 0 aliphatic carbocycles. The van der Waals surface area contributed by atoms with E-state index in [2.05, 4.69) is 27.6 Å². The summed E-state index contributed by atoms with van der Waals surface area (Å²) in [6.07, 6.45) is 1.86. The monoisotopic (exact) mass is 323 g/mol. The van der Waals surface area contributed by atoms with Crippen molar-refractivity contribution in [3.8, 4) is 22.8 Å². The smallest absolute Gasteiger partial charge is 0.118 e. The van der Waals surface area contributed by atoms with Crippen molar-refractivity contribution >= 4 is 0 Å². The highest BCUT2D eigenvalue weighted by molar-refractivity contribution is 5.63. The molecule has 0 bridgehead atoms. The molecule has 3 aromatic rings. The average Bonchev–Trinajstić information content (AvgIpc) is 3.11. The van der Waals surface area contributed by atoms with Crippen molar-refractivity contribution in [2.75, 3.05) is 14.2 Å². The Bertz CT molecular complexity index is 764. The van der Waals surface area contributed by atoms with Crippen LogP contribution in [0.25, 0.3) is 11.3 Å². The molecule has 24 heavy (non-hydrogen) atoms. The second-order valence-electron chi connectivity index (χ2n) is 5.45. The van der Waals surface area contributed by atoms with Crippen molar-refractivity contribution in [3.05, 3.63) is 65.9 Å². The largest absolute Gasteiger partial charge is 0.497 e. The van der Waals surface area contributed by atoms with E-state index in [4.69, 9.17) is 9.47 Å². The maximum Gasteiger partial charge on any atom is 0.118 e. The highest BCUT2D eigenvalue weighted by atomic mass is 16.5. The van der Waals surface area contributed by atoms with Crippen LogP contribution in [-0.4, -0.2) is 24.4 Å². The second kappa shape index (κ2) is 7.66. The first-order chi connectivity index (χ1) is 11.8. The molecule has 1 aromatic heterocycles. The van der Waals surface area contributed by atoms with Gasteiger partial charge in [-0.15, -0.1) is 0 Å². The molecule has 0 radical (unpaired) electrons. The number of methoxy groups -OCH3 is 2.